The SMILES string of the molecule is CCCCCCCCCCCCCCCCc1ccc[nH]1.N.N#CS. The Balaban J connectivity index is 0. The summed E-state index contributed by atoms with van der Waals surface area (Å²) in [7, 11) is 0. The molecule has 0 saturated carbocycles. The second-order valence-electron chi connectivity index (χ2n) is 6.64. The lowest BCUT2D eigenvalue weighted by Crippen LogP contribution is -1.86. The molecule has 0 saturated heterocycles. The molecule has 0 amide bonds. The zero-order valence-corrected chi connectivity index (χ0v) is 17.3. The number of hydrogen-bond acceptors (Lipinski definition) is 3. The smallest absolute Gasteiger partial charge is 0.130 e. The van der Waals surface area contributed by atoms with Crippen LogP contribution in [0, 0.1) is 10.7 Å². The summed E-state index contributed by atoms with van der Waals surface area (Å²) in [6.07, 6.45) is 23.4. The van der Waals surface area contributed by atoms with Crippen LogP contribution in [0.15, 0.2) is 18.3 Å². The Hall–Kier alpha value is -0.920. The van der Waals surface area contributed by atoms with E-state index in [1.54, 1.807) is 0 Å². The maximum atomic E-state index is 7.18. The van der Waals surface area contributed by atoms with Crippen molar-refractivity contribution in [3.05, 3.63) is 24.0 Å². The summed E-state index contributed by atoms with van der Waals surface area (Å²) in [5.74, 6) is 0. The molecule has 1 aromatic heterocycles. The van der Waals surface area contributed by atoms with Crippen LogP contribution in [0.25, 0.3) is 0 Å². The van der Waals surface area contributed by atoms with E-state index < -0.39 is 0 Å². The number of nitriles is 1. The summed E-state index contributed by atoms with van der Waals surface area (Å²) in [6.45, 7) is 2.29. The van der Waals surface area contributed by atoms with Crippen molar-refractivity contribution >= 4 is 12.6 Å². The van der Waals surface area contributed by atoms with E-state index in [2.05, 4.69) is 36.7 Å². The number of aryl methyl sites for hydroxylation is 1. The lowest BCUT2D eigenvalue weighted by Gasteiger charge is -2.03. The predicted octanol–water partition coefficient (Wildman–Crippen LogP) is 7.60. The van der Waals surface area contributed by atoms with E-state index in [9.17, 15) is 0 Å². The predicted molar refractivity (Wildman–Crippen MR) is 114 cm³/mol. The van der Waals surface area contributed by atoms with Crippen molar-refractivity contribution in [2.24, 2.45) is 0 Å². The van der Waals surface area contributed by atoms with Gasteiger partial charge in [-0.15, -0.1) is 0 Å². The van der Waals surface area contributed by atoms with Crippen LogP contribution in [0.2, 0.25) is 0 Å². The van der Waals surface area contributed by atoms with Gasteiger partial charge in [0.1, 0.15) is 5.40 Å². The summed E-state index contributed by atoms with van der Waals surface area (Å²) in [6, 6.07) is 4.29. The fourth-order valence-electron chi connectivity index (χ4n) is 3.03. The quantitative estimate of drug-likeness (QED) is 0.169. The van der Waals surface area contributed by atoms with E-state index in [0.29, 0.717) is 0 Å². The summed E-state index contributed by atoms with van der Waals surface area (Å²) in [4.78, 5) is 3.28. The Morgan fingerprint density at radius 1 is 0.840 bits per heavy atom. The van der Waals surface area contributed by atoms with Crippen LogP contribution < -0.4 is 6.15 Å². The maximum Gasteiger partial charge on any atom is 0.130 e. The third-order valence-electron chi connectivity index (χ3n) is 4.46. The highest BCUT2D eigenvalue weighted by Crippen LogP contribution is 2.13. The molecular formula is C21H41N3S. The lowest BCUT2D eigenvalue weighted by atomic mass is 10.0. The second kappa shape index (κ2) is 23.1. The van der Waals surface area contributed by atoms with Gasteiger partial charge in [-0.2, -0.15) is 5.26 Å². The van der Waals surface area contributed by atoms with Gasteiger partial charge in [0, 0.05) is 11.9 Å². The van der Waals surface area contributed by atoms with Gasteiger partial charge in [-0.3, -0.25) is 0 Å². The van der Waals surface area contributed by atoms with Crippen molar-refractivity contribution < 1.29 is 0 Å². The molecule has 0 radical (unpaired) electrons. The van der Waals surface area contributed by atoms with Gasteiger partial charge >= 0.3 is 0 Å². The highest BCUT2D eigenvalue weighted by atomic mass is 32.1. The van der Waals surface area contributed by atoms with E-state index in [1.165, 1.54) is 107 Å². The molecule has 0 bridgehead atoms. The van der Waals surface area contributed by atoms with Gasteiger partial charge in [0.05, 0.1) is 0 Å². The molecule has 0 spiro atoms. The first kappa shape index (κ1) is 26.3. The van der Waals surface area contributed by atoms with Crippen LogP contribution in [0.5, 0.6) is 0 Å². The Morgan fingerprint density at radius 2 is 1.24 bits per heavy atom. The minimum absolute atomic E-state index is 0. The Bertz CT molecular complexity index is 371. The molecule has 25 heavy (non-hydrogen) atoms. The molecule has 0 atom stereocenters. The molecule has 0 aliphatic heterocycles. The van der Waals surface area contributed by atoms with E-state index in [4.69, 9.17) is 5.26 Å². The highest BCUT2D eigenvalue weighted by molar-refractivity contribution is 7.85. The minimum Gasteiger partial charge on any atom is -0.365 e. The van der Waals surface area contributed by atoms with Crippen LogP contribution in [-0.2, 0) is 6.42 Å². The van der Waals surface area contributed by atoms with Crippen molar-refractivity contribution in [1.82, 2.24) is 11.1 Å². The Labute approximate surface area is 162 Å². The number of H-pyrrole nitrogens is 1. The van der Waals surface area contributed by atoms with Gasteiger partial charge < -0.3 is 11.1 Å². The number of thiocyanates is 1. The summed E-state index contributed by atoms with van der Waals surface area (Å²) in [5.41, 5.74) is 1.40. The maximum absolute atomic E-state index is 7.18. The van der Waals surface area contributed by atoms with Crippen LogP contribution in [-0.4, -0.2) is 4.98 Å². The number of aromatic amines is 1. The summed E-state index contributed by atoms with van der Waals surface area (Å²) in [5, 5.41) is 8.63. The molecule has 0 aliphatic rings. The van der Waals surface area contributed by atoms with E-state index in [0.717, 1.165) is 0 Å². The first-order valence-electron chi connectivity index (χ1n) is 10.0. The molecule has 4 heteroatoms. The minimum atomic E-state index is 0. The molecule has 0 aromatic carbocycles. The van der Waals surface area contributed by atoms with Crippen LogP contribution in [0.1, 0.15) is 103 Å². The van der Waals surface area contributed by atoms with Crippen molar-refractivity contribution in [3.63, 3.8) is 0 Å². The zero-order valence-electron chi connectivity index (χ0n) is 16.4. The van der Waals surface area contributed by atoms with Crippen molar-refractivity contribution in [2.75, 3.05) is 0 Å². The molecule has 0 aliphatic carbocycles. The van der Waals surface area contributed by atoms with Crippen LogP contribution >= 0.6 is 12.6 Å². The zero-order chi connectivity index (χ0) is 17.7. The lowest BCUT2D eigenvalue weighted by molar-refractivity contribution is 0.535. The average Bonchev–Trinajstić information content (AvgIpc) is 3.09. The van der Waals surface area contributed by atoms with Gasteiger partial charge in [-0.1, -0.05) is 103 Å². The number of unbranched alkanes of at least 4 members (excludes halogenated alkanes) is 13. The van der Waals surface area contributed by atoms with Gasteiger partial charge in [-0.25, -0.2) is 0 Å². The van der Waals surface area contributed by atoms with Crippen LogP contribution in [0.4, 0.5) is 0 Å². The van der Waals surface area contributed by atoms with E-state index >= 15 is 0 Å². The summed E-state index contributed by atoms with van der Waals surface area (Å²) < 4.78 is 0. The summed E-state index contributed by atoms with van der Waals surface area (Å²) >= 11 is 3.09. The molecule has 4 N–H and O–H groups in total. The molecule has 0 unspecified atom stereocenters. The van der Waals surface area contributed by atoms with Crippen molar-refractivity contribution in [3.8, 4) is 5.40 Å². The van der Waals surface area contributed by atoms with Gasteiger partial charge in [0.15, 0.2) is 0 Å². The van der Waals surface area contributed by atoms with E-state index in [1.807, 2.05) is 6.20 Å². The highest BCUT2D eigenvalue weighted by Gasteiger charge is 1.95. The van der Waals surface area contributed by atoms with Crippen LogP contribution in [0.3, 0.4) is 0 Å². The monoisotopic (exact) mass is 367 g/mol. The van der Waals surface area contributed by atoms with Gasteiger partial charge in [0.2, 0.25) is 0 Å². The third kappa shape index (κ3) is 21.0. The fourth-order valence-corrected chi connectivity index (χ4v) is 3.03. The number of rotatable bonds is 15. The standard InChI is InChI=1S/C20H37N.CHNS.H3N/c1-2-3-4-5-6-7-8-9-10-11-12-13-14-15-17-20-18-16-19-21-20;2-1-3;/h16,18-19,21H,2-15,17H2,1H3;3H;1H3. The van der Waals surface area contributed by atoms with Gasteiger partial charge in [0.25, 0.3) is 0 Å². The average molecular weight is 368 g/mol. The first-order valence-corrected chi connectivity index (χ1v) is 10.4. The Kier molecular flexibility index (Phi) is 24.3. The first-order chi connectivity index (χ1) is 11.8. The Morgan fingerprint density at radius 3 is 1.60 bits per heavy atom. The number of hydrogen-bond donors (Lipinski definition) is 3. The number of nitrogens with zero attached hydrogens (tertiary/aromatic N) is 1. The number of aromatic nitrogens is 1. The third-order valence-corrected chi connectivity index (χ3v) is 4.46. The normalized spacial score (nSPS) is 9.64. The molecular weight excluding hydrogens is 326 g/mol. The van der Waals surface area contributed by atoms with Crippen molar-refractivity contribution in [1.29, 1.82) is 5.26 Å². The van der Waals surface area contributed by atoms with Crippen molar-refractivity contribution in [2.45, 2.75) is 103 Å². The van der Waals surface area contributed by atoms with E-state index in [-0.39, 0.29) is 6.15 Å². The number of nitrogens with one attached hydrogen (secondary N) is 1. The molecule has 3 nitrogen and oxygen atoms in total. The molecule has 146 valence electrons. The molecule has 0 fully saturated rings. The number of thiol groups is 1. The van der Waals surface area contributed by atoms with Gasteiger partial charge in [-0.05, 0) is 25.0 Å². The fraction of sp³-hybridized carbons (Fsp3) is 0.762. The second-order valence-corrected chi connectivity index (χ2v) is 6.84. The molecule has 1 rings (SSSR count). The topological polar surface area (TPSA) is 74.6 Å². The largest absolute Gasteiger partial charge is 0.365 e. The molecule has 1 aromatic rings. The molecule has 1 heterocycles.